The summed E-state index contributed by atoms with van der Waals surface area (Å²) in [5.41, 5.74) is 0.478. The molecule has 7 heteroatoms. The Morgan fingerprint density at radius 2 is 1.92 bits per heavy atom. The van der Waals surface area contributed by atoms with Gasteiger partial charge in [-0.05, 0) is 6.92 Å². The number of imide groups is 1. The number of carbonyl (C=O) groups excluding carboxylic acids is 2. The number of oxazole rings is 1. The Morgan fingerprint density at radius 1 is 1.23 bits per heavy atom. The van der Waals surface area contributed by atoms with Crippen molar-refractivity contribution in [3.63, 3.8) is 0 Å². The van der Waals surface area contributed by atoms with Crippen molar-refractivity contribution in [2.24, 2.45) is 5.41 Å². The molecule has 26 heavy (non-hydrogen) atoms. The molecule has 2 heterocycles. The smallest absolute Gasteiger partial charge is 0.327 e. The predicted molar refractivity (Wildman–Crippen MR) is 97.6 cm³/mol. The normalized spacial score (nSPS) is 16.5. The Kier molecular flexibility index (Phi) is 6.11. The zero-order valence-electron chi connectivity index (χ0n) is 16.8. The number of hydrogen-bond donors (Lipinski definition) is 0. The van der Waals surface area contributed by atoms with Crippen LogP contribution in [-0.4, -0.2) is 53.0 Å². The topological polar surface area (TPSA) is 75.9 Å². The zero-order chi connectivity index (χ0) is 19.5. The molecule has 1 aromatic heterocycles. The van der Waals surface area contributed by atoms with Gasteiger partial charge in [-0.15, -0.1) is 0 Å². The van der Waals surface area contributed by atoms with Gasteiger partial charge in [-0.25, -0.2) is 9.78 Å². The first-order valence-corrected chi connectivity index (χ1v) is 9.15. The summed E-state index contributed by atoms with van der Waals surface area (Å²) in [6.45, 7) is 14.4. The number of ether oxygens (including phenoxy) is 1. The van der Waals surface area contributed by atoms with Crippen LogP contribution in [0.4, 0.5) is 4.79 Å². The Bertz CT molecular complexity index is 645. The highest BCUT2D eigenvalue weighted by atomic mass is 16.5. The minimum Gasteiger partial charge on any atom is -0.447 e. The van der Waals surface area contributed by atoms with Crippen molar-refractivity contribution in [3.05, 3.63) is 17.8 Å². The van der Waals surface area contributed by atoms with Crippen LogP contribution in [0, 0.1) is 5.41 Å². The number of amides is 3. The summed E-state index contributed by atoms with van der Waals surface area (Å²) in [5.74, 6) is 0.191. The van der Waals surface area contributed by atoms with E-state index < -0.39 is 0 Å². The van der Waals surface area contributed by atoms with Gasteiger partial charge in [0.1, 0.15) is 12.8 Å². The SMILES string of the molecule is CCOCC(C)(C)CN1CCC(=O)N(Cc2nc(C(C)(C)C)co2)C1=O. The maximum absolute atomic E-state index is 12.8. The number of nitrogens with zero attached hydrogens (tertiary/aromatic N) is 3. The molecule has 1 fully saturated rings. The molecule has 0 aliphatic carbocycles. The predicted octanol–water partition coefficient (Wildman–Crippen LogP) is 3.19. The summed E-state index contributed by atoms with van der Waals surface area (Å²) in [5, 5.41) is 0. The summed E-state index contributed by atoms with van der Waals surface area (Å²) in [7, 11) is 0. The summed E-state index contributed by atoms with van der Waals surface area (Å²) in [6.07, 6.45) is 1.90. The molecule has 146 valence electrons. The van der Waals surface area contributed by atoms with E-state index in [1.165, 1.54) is 4.90 Å². The molecule has 2 rings (SSSR count). The van der Waals surface area contributed by atoms with E-state index in [0.29, 0.717) is 38.6 Å². The van der Waals surface area contributed by atoms with Gasteiger partial charge in [0.15, 0.2) is 0 Å². The number of urea groups is 1. The van der Waals surface area contributed by atoms with E-state index >= 15 is 0 Å². The van der Waals surface area contributed by atoms with Crippen molar-refractivity contribution in [2.75, 3.05) is 26.3 Å². The fraction of sp³-hybridized carbons (Fsp3) is 0.737. The molecule has 0 saturated carbocycles. The van der Waals surface area contributed by atoms with Gasteiger partial charge in [0.05, 0.1) is 12.3 Å². The van der Waals surface area contributed by atoms with E-state index in [-0.39, 0.29) is 29.3 Å². The van der Waals surface area contributed by atoms with Gasteiger partial charge in [0.25, 0.3) is 0 Å². The maximum Gasteiger partial charge on any atom is 0.327 e. The van der Waals surface area contributed by atoms with Gasteiger partial charge in [-0.2, -0.15) is 0 Å². The van der Waals surface area contributed by atoms with Crippen LogP contribution in [0.1, 0.15) is 59.5 Å². The lowest BCUT2D eigenvalue weighted by atomic mass is 9.93. The van der Waals surface area contributed by atoms with Crippen molar-refractivity contribution in [1.82, 2.24) is 14.8 Å². The van der Waals surface area contributed by atoms with Crippen LogP contribution in [0.15, 0.2) is 10.7 Å². The summed E-state index contributed by atoms with van der Waals surface area (Å²) in [6, 6.07) is -0.290. The van der Waals surface area contributed by atoms with Gasteiger partial charge >= 0.3 is 6.03 Å². The minimum atomic E-state index is -0.290. The second-order valence-corrected chi connectivity index (χ2v) is 8.61. The molecule has 0 N–H and O–H groups in total. The monoisotopic (exact) mass is 365 g/mol. The largest absolute Gasteiger partial charge is 0.447 e. The summed E-state index contributed by atoms with van der Waals surface area (Å²) >= 11 is 0. The molecule has 1 aliphatic rings. The molecule has 0 unspecified atom stereocenters. The molecule has 1 saturated heterocycles. The molecule has 7 nitrogen and oxygen atoms in total. The number of aromatic nitrogens is 1. The highest BCUT2D eigenvalue weighted by Crippen LogP contribution is 2.24. The number of carbonyl (C=O) groups is 2. The third-order valence-corrected chi connectivity index (χ3v) is 4.33. The van der Waals surface area contributed by atoms with Gasteiger partial charge in [-0.3, -0.25) is 9.69 Å². The van der Waals surface area contributed by atoms with Crippen LogP contribution >= 0.6 is 0 Å². The molecular formula is C19H31N3O4. The Hall–Kier alpha value is -1.89. The second kappa shape index (κ2) is 7.78. The van der Waals surface area contributed by atoms with Crippen LogP contribution in [0.5, 0.6) is 0 Å². The first-order valence-electron chi connectivity index (χ1n) is 9.15. The number of rotatable bonds is 7. The quantitative estimate of drug-likeness (QED) is 0.742. The van der Waals surface area contributed by atoms with Crippen molar-refractivity contribution in [3.8, 4) is 0 Å². The van der Waals surface area contributed by atoms with Gasteiger partial charge in [-0.1, -0.05) is 34.6 Å². The van der Waals surface area contributed by atoms with Crippen molar-refractivity contribution in [1.29, 1.82) is 0 Å². The lowest BCUT2D eigenvalue weighted by Gasteiger charge is -2.38. The fourth-order valence-corrected chi connectivity index (χ4v) is 2.85. The second-order valence-electron chi connectivity index (χ2n) is 8.61. The highest BCUT2D eigenvalue weighted by Gasteiger charge is 2.36. The van der Waals surface area contributed by atoms with Gasteiger partial charge in [0.2, 0.25) is 11.8 Å². The van der Waals surface area contributed by atoms with Crippen molar-refractivity contribution >= 4 is 11.9 Å². The Morgan fingerprint density at radius 3 is 2.50 bits per heavy atom. The molecule has 0 bridgehead atoms. The average molecular weight is 365 g/mol. The Labute approximate surface area is 155 Å². The first-order chi connectivity index (χ1) is 12.0. The Balaban J connectivity index is 2.07. The summed E-state index contributed by atoms with van der Waals surface area (Å²) < 4.78 is 11.0. The van der Waals surface area contributed by atoms with Gasteiger partial charge in [0, 0.05) is 36.9 Å². The zero-order valence-corrected chi connectivity index (χ0v) is 16.8. The van der Waals surface area contributed by atoms with Crippen LogP contribution in [0.3, 0.4) is 0 Å². The highest BCUT2D eigenvalue weighted by molar-refractivity contribution is 5.96. The van der Waals surface area contributed by atoms with Crippen LogP contribution in [0.25, 0.3) is 0 Å². The molecule has 1 aliphatic heterocycles. The summed E-state index contributed by atoms with van der Waals surface area (Å²) in [4.78, 5) is 32.5. The van der Waals surface area contributed by atoms with E-state index in [2.05, 4.69) is 18.8 Å². The molecule has 0 spiro atoms. The third-order valence-electron chi connectivity index (χ3n) is 4.33. The standard InChI is InChI=1S/C19H31N3O4/c1-7-25-13-19(5,6)12-21-9-8-16(23)22(17(21)24)10-15-20-14(11-26-15)18(2,3)4/h11H,7-10,12-13H2,1-6H3. The van der Waals surface area contributed by atoms with E-state index in [1.807, 2.05) is 27.7 Å². The molecule has 0 atom stereocenters. The molecule has 1 aromatic rings. The van der Waals surface area contributed by atoms with Gasteiger partial charge < -0.3 is 14.1 Å². The van der Waals surface area contributed by atoms with E-state index in [9.17, 15) is 9.59 Å². The van der Waals surface area contributed by atoms with Crippen molar-refractivity contribution < 1.29 is 18.7 Å². The maximum atomic E-state index is 12.8. The lowest BCUT2D eigenvalue weighted by Crippen LogP contribution is -2.54. The lowest BCUT2D eigenvalue weighted by molar-refractivity contribution is -0.132. The number of hydrogen-bond acceptors (Lipinski definition) is 5. The average Bonchev–Trinajstić information content (AvgIpc) is 3.01. The van der Waals surface area contributed by atoms with E-state index in [1.54, 1.807) is 11.2 Å². The van der Waals surface area contributed by atoms with Crippen LogP contribution in [0.2, 0.25) is 0 Å². The van der Waals surface area contributed by atoms with E-state index in [4.69, 9.17) is 9.15 Å². The van der Waals surface area contributed by atoms with Crippen LogP contribution in [-0.2, 0) is 21.5 Å². The minimum absolute atomic E-state index is 0.0656. The first kappa shape index (κ1) is 20.4. The molecular weight excluding hydrogens is 334 g/mol. The third kappa shape index (κ3) is 5.06. The molecule has 0 aromatic carbocycles. The van der Waals surface area contributed by atoms with Crippen molar-refractivity contribution in [2.45, 2.75) is 59.9 Å². The molecule has 3 amide bonds. The molecule has 0 radical (unpaired) electrons. The fourth-order valence-electron chi connectivity index (χ4n) is 2.85. The van der Waals surface area contributed by atoms with Crippen LogP contribution < -0.4 is 0 Å². The van der Waals surface area contributed by atoms with E-state index in [0.717, 1.165) is 5.69 Å².